The van der Waals surface area contributed by atoms with Crippen LogP contribution in [0.25, 0.3) is 0 Å². The number of benzene rings is 1. The molecule has 0 aromatic heterocycles. The van der Waals surface area contributed by atoms with Gasteiger partial charge in [-0.05, 0) is 25.8 Å². The molecule has 3 heteroatoms. The van der Waals surface area contributed by atoms with Crippen LogP contribution in [0.1, 0.15) is 36.7 Å². The molecule has 0 aliphatic rings. The number of esters is 1. The fraction of sp³-hybridized carbons (Fsp3) is 0.467. The molecular formula is C15H20O3. The Hall–Kier alpha value is -1.64. The van der Waals surface area contributed by atoms with E-state index in [9.17, 15) is 9.59 Å². The van der Waals surface area contributed by atoms with Gasteiger partial charge >= 0.3 is 5.97 Å². The lowest BCUT2D eigenvalue weighted by atomic mass is 9.87. The quantitative estimate of drug-likeness (QED) is 0.457. The minimum Gasteiger partial charge on any atom is -0.465 e. The SMILES string of the molecule is CCOC(=O)C(C(=O)c1cccc(C)c1)C(C)C. The van der Waals surface area contributed by atoms with E-state index in [4.69, 9.17) is 4.74 Å². The topological polar surface area (TPSA) is 43.4 Å². The van der Waals surface area contributed by atoms with Gasteiger partial charge in [0.2, 0.25) is 0 Å². The van der Waals surface area contributed by atoms with E-state index >= 15 is 0 Å². The number of hydrogen-bond donors (Lipinski definition) is 0. The molecule has 0 aliphatic heterocycles. The molecule has 98 valence electrons. The molecule has 0 radical (unpaired) electrons. The van der Waals surface area contributed by atoms with Crippen molar-refractivity contribution < 1.29 is 14.3 Å². The first-order chi connectivity index (χ1) is 8.47. The van der Waals surface area contributed by atoms with Crippen LogP contribution in [0.4, 0.5) is 0 Å². The number of ether oxygens (including phenoxy) is 1. The average molecular weight is 248 g/mol. The highest BCUT2D eigenvalue weighted by Crippen LogP contribution is 2.19. The van der Waals surface area contributed by atoms with Crippen molar-refractivity contribution in [2.45, 2.75) is 27.7 Å². The highest BCUT2D eigenvalue weighted by atomic mass is 16.5. The summed E-state index contributed by atoms with van der Waals surface area (Å²) in [5.41, 5.74) is 1.58. The number of hydrogen-bond acceptors (Lipinski definition) is 3. The van der Waals surface area contributed by atoms with Gasteiger partial charge in [0, 0.05) is 5.56 Å². The van der Waals surface area contributed by atoms with Crippen molar-refractivity contribution in [3.8, 4) is 0 Å². The number of rotatable bonds is 5. The molecule has 0 spiro atoms. The lowest BCUT2D eigenvalue weighted by molar-refractivity contribution is -0.147. The number of carbonyl (C=O) groups excluding carboxylic acids is 2. The van der Waals surface area contributed by atoms with E-state index in [1.807, 2.05) is 32.9 Å². The predicted octanol–water partition coefficient (Wildman–Crippen LogP) is 3.01. The maximum absolute atomic E-state index is 12.4. The second-order valence-electron chi connectivity index (χ2n) is 4.71. The highest BCUT2D eigenvalue weighted by molar-refractivity contribution is 6.08. The van der Waals surface area contributed by atoms with Crippen LogP contribution in [-0.2, 0) is 9.53 Å². The Bertz CT molecular complexity index is 435. The maximum atomic E-state index is 12.4. The summed E-state index contributed by atoms with van der Waals surface area (Å²) in [6.45, 7) is 7.67. The van der Waals surface area contributed by atoms with Gasteiger partial charge in [-0.1, -0.05) is 37.6 Å². The van der Waals surface area contributed by atoms with E-state index in [1.54, 1.807) is 19.1 Å². The van der Waals surface area contributed by atoms with Gasteiger partial charge in [0.05, 0.1) is 6.61 Å². The first-order valence-electron chi connectivity index (χ1n) is 6.24. The van der Waals surface area contributed by atoms with Crippen molar-refractivity contribution in [1.29, 1.82) is 0 Å². The summed E-state index contributed by atoms with van der Waals surface area (Å²) in [4.78, 5) is 24.2. The van der Waals surface area contributed by atoms with Crippen LogP contribution in [0.15, 0.2) is 24.3 Å². The number of Topliss-reactive ketones (excluding diaryl/α,β-unsaturated/α-hetero) is 1. The van der Waals surface area contributed by atoms with Crippen LogP contribution >= 0.6 is 0 Å². The molecule has 0 saturated carbocycles. The Labute approximate surface area is 108 Å². The molecule has 0 aliphatic carbocycles. The van der Waals surface area contributed by atoms with Gasteiger partial charge in [0.15, 0.2) is 5.78 Å². The molecule has 0 N–H and O–H groups in total. The standard InChI is InChI=1S/C15H20O3/c1-5-18-15(17)13(10(2)3)14(16)12-8-6-7-11(4)9-12/h6-10,13H,5H2,1-4H3. The minimum atomic E-state index is -0.716. The van der Waals surface area contributed by atoms with E-state index in [2.05, 4.69) is 0 Å². The summed E-state index contributed by atoms with van der Waals surface area (Å²) < 4.78 is 4.98. The molecule has 1 atom stereocenters. The third-order valence-corrected chi connectivity index (χ3v) is 2.79. The van der Waals surface area contributed by atoms with E-state index in [-0.39, 0.29) is 11.7 Å². The van der Waals surface area contributed by atoms with Gasteiger partial charge in [-0.2, -0.15) is 0 Å². The molecule has 1 aromatic carbocycles. The second-order valence-corrected chi connectivity index (χ2v) is 4.71. The molecule has 0 bridgehead atoms. The van der Waals surface area contributed by atoms with Crippen molar-refractivity contribution in [2.24, 2.45) is 11.8 Å². The van der Waals surface area contributed by atoms with Crippen molar-refractivity contribution in [1.82, 2.24) is 0 Å². The Morgan fingerprint density at radius 1 is 1.28 bits per heavy atom. The molecule has 1 unspecified atom stereocenters. The van der Waals surface area contributed by atoms with Gasteiger partial charge in [-0.15, -0.1) is 0 Å². The van der Waals surface area contributed by atoms with Gasteiger partial charge in [0.25, 0.3) is 0 Å². The summed E-state index contributed by atoms with van der Waals surface area (Å²) in [5, 5.41) is 0. The fourth-order valence-electron chi connectivity index (χ4n) is 1.89. The van der Waals surface area contributed by atoms with Crippen LogP contribution < -0.4 is 0 Å². The smallest absolute Gasteiger partial charge is 0.317 e. The van der Waals surface area contributed by atoms with Crippen LogP contribution in [0.5, 0.6) is 0 Å². The zero-order valence-corrected chi connectivity index (χ0v) is 11.4. The molecule has 1 aromatic rings. The molecule has 18 heavy (non-hydrogen) atoms. The van der Waals surface area contributed by atoms with Gasteiger partial charge in [-0.3, -0.25) is 9.59 Å². The van der Waals surface area contributed by atoms with Gasteiger partial charge in [-0.25, -0.2) is 0 Å². The summed E-state index contributed by atoms with van der Waals surface area (Å²) in [5.74, 6) is -1.38. The number of aryl methyl sites for hydroxylation is 1. The molecule has 1 rings (SSSR count). The normalized spacial score (nSPS) is 12.3. The Kier molecular flexibility index (Phi) is 5.08. The lowest BCUT2D eigenvalue weighted by Gasteiger charge is -2.18. The summed E-state index contributed by atoms with van der Waals surface area (Å²) in [6, 6.07) is 7.29. The minimum absolute atomic E-state index is 0.0722. The van der Waals surface area contributed by atoms with Crippen molar-refractivity contribution in [3.63, 3.8) is 0 Å². The lowest BCUT2D eigenvalue weighted by Crippen LogP contribution is -2.30. The first-order valence-corrected chi connectivity index (χ1v) is 6.24. The van der Waals surface area contributed by atoms with E-state index in [1.165, 1.54) is 0 Å². The Morgan fingerprint density at radius 3 is 2.44 bits per heavy atom. The molecular weight excluding hydrogens is 228 g/mol. The zero-order valence-electron chi connectivity index (χ0n) is 11.4. The van der Waals surface area contributed by atoms with E-state index < -0.39 is 11.9 Å². The maximum Gasteiger partial charge on any atom is 0.317 e. The van der Waals surface area contributed by atoms with E-state index in [0.717, 1.165) is 5.56 Å². The zero-order chi connectivity index (χ0) is 13.7. The number of ketones is 1. The fourth-order valence-corrected chi connectivity index (χ4v) is 1.89. The van der Waals surface area contributed by atoms with Crippen molar-refractivity contribution in [2.75, 3.05) is 6.61 Å². The Morgan fingerprint density at radius 2 is 1.94 bits per heavy atom. The molecule has 3 nitrogen and oxygen atoms in total. The molecule has 0 amide bonds. The molecule has 0 saturated heterocycles. The molecule has 0 heterocycles. The average Bonchev–Trinajstić information content (AvgIpc) is 2.28. The Balaban J connectivity index is 3.00. The van der Waals surface area contributed by atoms with Gasteiger partial charge in [0.1, 0.15) is 5.92 Å². The van der Waals surface area contributed by atoms with Crippen LogP contribution in [-0.4, -0.2) is 18.4 Å². The summed E-state index contributed by atoms with van der Waals surface area (Å²) >= 11 is 0. The summed E-state index contributed by atoms with van der Waals surface area (Å²) in [6.07, 6.45) is 0. The van der Waals surface area contributed by atoms with E-state index in [0.29, 0.717) is 12.2 Å². The third-order valence-electron chi connectivity index (χ3n) is 2.79. The van der Waals surface area contributed by atoms with Crippen LogP contribution in [0, 0.1) is 18.8 Å². The predicted molar refractivity (Wildman–Crippen MR) is 70.5 cm³/mol. The van der Waals surface area contributed by atoms with Crippen LogP contribution in [0.3, 0.4) is 0 Å². The summed E-state index contributed by atoms with van der Waals surface area (Å²) in [7, 11) is 0. The monoisotopic (exact) mass is 248 g/mol. The largest absolute Gasteiger partial charge is 0.465 e. The third kappa shape index (κ3) is 3.42. The first kappa shape index (κ1) is 14.4. The molecule has 0 fully saturated rings. The van der Waals surface area contributed by atoms with Crippen LogP contribution in [0.2, 0.25) is 0 Å². The second kappa shape index (κ2) is 6.34. The van der Waals surface area contributed by atoms with Gasteiger partial charge < -0.3 is 4.74 Å². The van der Waals surface area contributed by atoms with Crippen molar-refractivity contribution in [3.05, 3.63) is 35.4 Å². The number of carbonyl (C=O) groups is 2. The highest BCUT2D eigenvalue weighted by Gasteiger charge is 2.31. The van der Waals surface area contributed by atoms with Crippen molar-refractivity contribution >= 4 is 11.8 Å².